The number of aromatic nitrogens is 2. The second-order valence-electron chi connectivity index (χ2n) is 11.9. The maximum absolute atomic E-state index is 15.0. The molecule has 0 radical (unpaired) electrons. The normalized spacial score (nSPS) is 26.8. The van der Waals surface area contributed by atoms with Gasteiger partial charge in [-0.1, -0.05) is 0 Å². The fraction of sp³-hybridized carbons (Fsp3) is 0.448. The number of hydrogen-bond acceptors (Lipinski definition) is 6. The smallest absolute Gasteiger partial charge is 0.481 e. The molecule has 5 aliphatic rings. The summed E-state index contributed by atoms with van der Waals surface area (Å²) in [6.07, 6.45) is -7.88. The van der Waals surface area contributed by atoms with Crippen molar-refractivity contribution >= 4 is 11.7 Å². The molecule has 1 aromatic heterocycles. The largest absolute Gasteiger partial charge is 0.586 e. The van der Waals surface area contributed by atoms with Crippen molar-refractivity contribution in [1.82, 2.24) is 9.78 Å². The van der Waals surface area contributed by atoms with Gasteiger partial charge in [-0.05, 0) is 69.7 Å². The van der Waals surface area contributed by atoms with E-state index in [1.165, 1.54) is 19.1 Å². The Kier molecular flexibility index (Phi) is 6.04. The summed E-state index contributed by atoms with van der Waals surface area (Å²) in [7, 11) is 0. The van der Waals surface area contributed by atoms with Crippen LogP contribution in [0.3, 0.4) is 0 Å². The molecule has 1 aliphatic heterocycles. The van der Waals surface area contributed by atoms with Crippen molar-refractivity contribution < 1.29 is 54.8 Å². The molecule has 2 bridgehead atoms. The van der Waals surface area contributed by atoms with Crippen molar-refractivity contribution in [2.24, 2.45) is 5.41 Å². The summed E-state index contributed by atoms with van der Waals surface area (Å²) in [4.78, 5) is 11.6. The fourth-order valence-corrected chi connectivity index (χ4v) is 6.91. The summed E-state index contributed by atoms with van der Waals surface area (Å²) in [5.41, 5.74) is -2.86. The zero-order chi connectivity index (χ0) is 31.4. The lowest BCUT2D eigenvalue weighted by Crippen LogP contribution is -2.71. The number of fused-ring (bicyclic) bond motifs is 2. The van der Waals surface area contributed by atoms with Gasteiger partial charge in [0.25, 0.3) is 0 Å². The van der Waals surface area contributed by atoms with Crippen molar-refractivity contribution in [2.45, 2.75) is 75.7 Å². The minimum Gasteiger partial charge on any atom is -0.481 e. The highest BCUT2D eigenvalue weighted by Gasteiger charge is 2.73. The highest BCUT2D eigenvalue weighted by molar-refractivity contribution is 5.80. The van der Waals surface area contributed by atoms with Crippen LogP contribution >= 0.6 is 0 Å². The number of nitrogens with one attached hydrogen (secondary N) is 1. The van der Waals surface area contributed by atoms with E-state index in [9.17, 15) is 40.6 Å². The Hall–Kier alpha value is -4.01. The van der Waals surface area contributed by atoms with Gasteiger partial charge in [0.15, 0.2) is 17.2 Å². The van der Waals surface area contributed by atoms with Crippen molar-refractivity contribution in [1.29, 1.82) is 0 Å². The second kappa shape index (κ2) is 9.25. The van der Waals surface area contributed by atoms with Gasteiger partial charge in [0.05, 0.1) is 34.1 Å². The molecule has 0 spiro atoms. The van der Waals surface area contributed by atoms with Crippen molar-refractivity contribution in [2.75, 3.05) is 5.32 Å². The van der Waals surface area contributed by atoms with Gasteiger partial charge in [-0.3, -0.25) is 4.79 Å². The highest BCUT2D eigenvalue weighted by atomic mass is 19.4. The van der Waals surface area contributed by atoms with Crippen LogP contribution in [0.5, 0.6) is 11.5 Å². The third-order valence-electron chi connectivity index (χ3n) is 8.87. The van der Waals surface area contributed by atoms with Crippen LogP contribution in [0.4, 0.5) is 36.4 Å². The monoisotopic (exact) mass is 627 g/mol. The maximum Gasteiger partial charge on any atom is 0.586 e. The average Bonchev–Trinajstić information content (AvgIpc) is 3.42. The zero-order valence-electron chi connectivity index (χ0n) is 22.9. The van der Waals surface area contributed by atoms with E-state index >= 15 is 0 Å². The van der Waals surface area contributed by atoms with Gasteiger partial charge in [0.1, 0.15) is 17.7 Å². The number of rotatable bonds is 7. The Morgan fingerprint density at radius 3 is 2.45 bits per heavy atom. The lowest BCUT2D eigenvalue weighted by Gasteiger charge is -2.67. The molecule has 2 heterocycles. The summed E-state index contributed by atoms with van der Waals surface area (Å²) < 4.78 is 115. The van der Waals surface area contributed by atoms with E-state index in [2.05, 4.69) is 19.9 Å². The van der Waals surface area contributed by atoms with Crippen molar-refractivity contribution in [3.8, 4) is 17.2 Å². The molecule has 3 saturated carbocycles. The SMILES string of the molecule is C[C@H](Nc1cc(-n2nc(C(F)(F)F)c3c2[C@H](OC24CC(C(=O)O)(C2)C4)CCC3)ccc1F)c1cc2c(cc1F)OC(F)(F)O2. The number of halogens is 7. The Balaban J connectivity index is 1.21. The third kappa shape index (κ3) is 4.46. The van der Waals surface area contributed by atoms with Crippen LogP contribution in [0.1, 0.15) is 73.7 Å². The maximum atomic E-state index is 15.0. The summed E-state index contributed by atoms with van der Waals surface area (Å²) in [6.45, 7) is 1.43. The number of aliphatic carboxylic acids is 1. The van der Waals surface area contributed by atoms with E-state index in [-0.39, 0.29) is 53.9 Å². The van der Waals surface area contributed by atoms with Gasteiger partial charge >= 0.3 is 18.4 Å². The number of alkyl halides is 5. The number of nitrogens with zero attached hydrogens (tertiary/aromatic N) is 2. The first kappa shape index (κ1) is 28.7. The molecule has 15 heteroatoms. The van der Waals surface area contributed by atoms with Gasteiger partial charge in [0, 0.05) is 17.2 Å². The molecule has 4 aliphatic carbocycles. The first-order chi connectivity index (χ1) is 20.6. The van der Waals surface area contributed by atoms with Crippen LogP contribution < -0.4 is 14.8 Å². The van der Waals surface area contributed by atoms with Gasteiger partial charge in [-0.15, -0.1) is 8.78 Å². The second-order valence-corrected chi connectivity index (χ2v) is 11.9. The predicted octanol–water partition coefficient (Wildman–Crippen LogP) is 7.07. The Morgan fingerprint density at radius 2 is 1.80 bits per heavy atom. The van der Waals surface area contributed by atoms with Gasteiger partial charge < -0.3 is 24.6 Å². The standard InChI is InChI=1S/C29H24F7N3O5/c1-13(16-8-21-22(9-18(16)31)44-29(35,36)43-21)37-19-7-14(5-6-17(19)30)39-23-15(24(38-39)28(32,33)34)3-2-4-20(23)42-27-10-26(11-27,12-27)25(40)41/h5-9,13,20,37H,2-4,10-12H2,1H3,(H,40,41)/t13-,20+,26?,27?/m0/s1. The van der Waals surface area contributed by atoms with Gasteiger partial charge in [-0.2, -0.15) is 18.3 Å². The number of benzene rings is 2. The lowest BCUT2D eigenvalue weighted by atomic mass is 9.41. The van der Waals surface area contributed by atoms with Crippen LogP contribution in [-0.4, -0.2) is 32.8 Å². The molecule has 234 valence electrons. The molecular weight excluding hydrogens is 603 g/mol. The molecule has 44 heavy (non-hydrogen) atoms. The van der Waals surface area contributed by atoms with Crippen LogP contribution in [0.15, 0.2) is 30.3 Å². The molecule has 2 aromatic carbocycles. The van der Waals surface area contributed by atoms with E-state index < -0.39 is 70.4 Å². The number of ether oxygens (including phenoxy) is 3. The molecule has 8 rings (SSSR count). The van der Waals surface area contributed by atoms with Gasteiger partial charge in [0.2, 0.25) is 0 Å². The first-order valence-corrected chi connectivity index (χ1v) is 13.8. The third-order valence-corrected chi connectivity index (χ3v) is 8.87. The summed E-state index contributed by atoms with van der Waals surface area (Å²) in [5.74, 6) is -3.59. The molecule has 0 saturated heterocycles. The molecule has 0 unspecified atom stereocenters. The Morgan fingerprint density at radius 1 is 1.11 bits per heavy atom. The van der Waals surface area contributed by atoms with E-state index in [0.717, 1.165) is 22.9 Å². The van der Waals surface area contributed by atoms with Crippen molar-refractivity contribution in [3.63, 3.8) is 0 Å². The Labute approximate surface area is 244 Å². The average molecular weight is 628 g/mol. The number of carboxylic acid groups (broad SMARTS) is 1. The quantitative estimate of drug-likeness (QED) is 0.271. The molecule has 2 N–H and O–H groups in total. The van der Waals surface area contributed by atoms with Gasteiger partial charge in [-0.25, -0.2) is 13.5 Å². The minimum absolute atomic E-state index is 0.0419. The summed E-state index contributed by atoms with van der Waals surface area (Å²) >= 11 is 0. The molecule has 3 fully saturated rings. The summed E-state index contributed by atoms with van der Waals surface area (Å²) in [5, 5.41) is 16.1. The Bertz CT molecular complexity index is 1690. The molecule has 3 aromatic rings. The highest BCUT2D eigenvalue weighted by Crippen LogP contribution is 2.70. The molecule has 8 nitrogen and oxygen atoms in total. The number of hydrogen-bond donors (Lipinski definition) is 2. The minimum atomic E-state index is -4.79. The topological polar surface area (TPSA) is 94.8 Å². The zero-order valence-corrected chi connectivity index (χ0v) is 22.9. The lowest BCUT2D eigenvalue weighted by molar-refractivity contribution is -0.300. The van der Waals surface area contributed by atoms with E-state index in [1.807, 2.05) is 0 Å². The predicted molar refractivity (Wildman–Crippen MR) is 137 cm³/mol. The van der Waals surface area contributed by atoms with Crippen LogP contribution in [0.2, 0.25) is 0 Å². The number of anilines is 1. The van der Waals surface area contributed by atoms with Crippen LogP contribution in [-0.2, 0) is 22.1 Å². The number of carboxylic acids is 1. The van der Waals surface area contributed by atoms with E-state index in [1.54, 1.807) is 0 Å². The van der Waals surface area contributed by atoms with Crippen molar-refractivity contribution in [3.05, 3.63) is 64.5 Å². The molecule has 2 atom stereocenters. The number of carbonyl (C=O) groups is 1. The molecular formula is C29H24F7N3O5. The fourth-order valence-electron chi connectivity index (χ4n) is 6.91. The molecule has 0 amide bonds. The van der Waals surface area contributed by atoms with E-state index in [0.29, 0.717) is 12.8 Å². The van der Waals surface area contributed by atoms with E-state index in [4.69, 9.17) is 4.74 Å². The van der Waals surface area contributed by atoms with Crippen LogP contribution in [0.25, 0.3) is 5.69 Å². The van der Waals surface area contributed by atoms with Crippen LogP contribution in [0, 0.1) is 17.0 Å². The summed E-state index contributed by atoms with van der Waals surface area (Å²) in [6, 6.07) is 4.17. The first-order valence-electron chi connectivity index (χ1n) is 13.8.